The molecule has 4 rings (SSSR count). The van der Waals surface area contributed by atoms with E-state index in [-0.39, 0.29) is 18.6 Å². The molecule has 0 amide bonds. The number of ketones is 1. The molecule has 0 aliphatic carbocycles. The molecule has 0 saturated carbocycles. The number of carbonyl (C=O) groups excluding carboxylic acids is 1. The number of hydrogen-bond acceptors (Lipinski definition) is 4. The molecular weight excluding hydrogens is 230 g/mol. The standard InChI is InChI=1S/C14H17NO3/c16-14-11-3-5-12(6-4-11)18-10-17-9-13(14)15-7-1-2-8-15/h3-6,13H,1-2,7-10H2. The SMILES string of the molecule is O=C1c2ccc(cc2)OCOCC1N1CCCC1. The molecule has 1 fully saturated rings. The highest BCUT2D eigenvalue weighted by Gasteiger charge is 2.29. The summed E-state index contributed by atoms with van der Waals surface area (Å²) < 4.78 is 10.9. The van der Waals surface area contributed by atoms with Gasteiger partial charge in [-0.2, -0.15) is 0 Å². The summed E-state index contributed by atoms with van der Waals surface area (Å²) in [5.74, 6) is 0.900. The zero-order valence-corrected chi connectivity index (χ0v) is 10.3. The third kappa shape index (κ3) is 2.26. The van der Waals surface area contributed by atoms with Crippen molar-refractivity contribution in [3.63, 3.8) is 0 Å². The maximum Gasteiger partial charge on any atom is 0.189 e. The molecule has 4 nitrogen and oxygen atoms in total. The van der Waals surface area contributed by atoms with Crippen molar-refractivity contribution in [2.24, 2.45) is 0 Å². The maximum absolute atomic E-state index is 12.5. The Kier molecular flexibility index (Phi) is 3.30. The van der Waals surface area contributed by atoms with Crippen molar-refractivity contribution in [2.45, 2.75) is 18.9 Å². The number of fused-ring (bicyclic) bond motifs is 7. The van der Waals surface area contributed by atoms with Crippen molar-refractivity contribution in [2.75, 3.05) is 26.5 Å². The van der Waals surface area contributed by atoms with Crippen LogP contribution in [-0.2, 0) is 4.74 Å². The van der Waals surface area contributed by atoms with Crippen LogP contribution < -0.4 is 4.74 Å². The second kappa shape index (κ2) is 5.08. The molecule has 1 aromatic rings. The van der Waals surface area contributed by atoms with Gasteiger partial charge in [-0.05, 0) is 50.2 Å². The molecule has 1 atom stereocenters. The average Bonchev–Trinajstić information content (AvgIpc) is 2.93. The summed E-state index contributed by atoms with van der Waals surface area (Å²) in [6.45, 7) is 2.59. The highest BCUT2D eigenvalue weighted by molar-refractivity contribution is 6.00. The zero-order valence-electron chi connectivity index (χ0n) is 10.3. The smallest absolute Gasteiger partial charge is 0.189 e. The number of ether oxygens (including phenoxy) is 2. The van der Waals surface area contributed by atoms with Crippen LogP contribution in [0, 0.1) is 0 Å². The third-order valence-corrected chi connectivity index (χ3v) is 3.61. The minimum Gasteiger partial charge on any atom is -0.468 e. The molecule has 3 aliphatic rings. The highest BCUT2D eigenvalue weighted by Crippen LogP contribution is 2.20. The van der Waals surface area contributed by atoms with Gasteiger partial charge in [-0.15, -0.1) is 0 Å². The molecule has 3 heterocycles. The molecule has 0 aromatic heterocycles. The molecule has 18 heavy (non-hydrogen) atoms. The Labute approximate surface area is 106 Å². The van der Waals surface area contributed by atoms with Crippen LogP contribution in [-0.4, -0.2) is 43.2 Å². The summed E-state index contributed by atoms with van der Waals surface area (Å²) in [7, 11) is 0. The van der Waals surface area contributed by atoms with Crippen LogP contribution in [0.4, 0.5) is 0 Å². The van der Waals surface area contributed by atoms with Crippen LogP contribution in [0.25, 0.3) is 0 Å². The largest absolute Gasteiger partial charge is 0.468 e. The van der Waals surface area contributed by atoms with Crippen LogP contribution in [0.3, 0.4) is 0 Å². The van der Waals surface area contributed by atoms with Crippen molar-refractivity contribution in [3.05, 3.63) is 29.8 Å². The van der Waals surface area contributed by atoms with E-state index in [1.807, 2.05) is 24.3 Å². The number of nitrogens with zero attached hydrogens (tertiary/aromatic N) is 1. The summed E-state index contributed by atoms with van der Waals surface area (Å²) in [5.41, 5.74) is 0.741. The van der Waals surface area contributed by atoms with E-state index < -0.39 is 0 Å². The van der Waals surface area contributed by atoms with E-state index >= 15 is 0 Å². The van der Waals surface area contributed by atoms with Gasteiger partial charge in [-0.25, -0.2) is 0 Å². The molecule has 0 radical (unpaired) electrons. The van der Waals surface area contributed by atoms with Gasteiger partial charge < -0.3 is 9.47 Å². The molecule has 2 bridgehead atoms. The quantitative estimate of drug-likeness (QED) is 0.757. The molecule has 1 aromatic carbocycles. The zero-order chi connectivity index (χ0) is 12.4. The van der Waals surface area contributed by atoms with E-state index in [2.05, 4.69) is 4.90 Å². The fourth-order valence-corrected chi connectivity index (χ4v) is 2.58. The van der Waals surface area contributed by atoms with Crippen LogP contribution in [0.1, 0.15) is 23.2 Å². The second-order valence-corrected chi connectivity index (χ2v) is 4.78. The average molecular weight is 247 g/mol. The summed E-state index contributed by atoms with van der Waals surface area (Å²) >= 11 is 0. The Morgan fingerprint density at radius 2 is 1.83 bits per heavy atom. The van der Waals surface area contributed by atoms with Crippen LogP contribution in [0.5, 0.6) is 5.75 Å². The normalized spacial score (nSPS) is 25.1. The molecule has 0 spiro atoms. The monoisotopic (exact) mass is 247 g/mol. The number of benzene rings is 1. The minimum absolute atomic E-state index is 0.158. The van der Waals surface area contributed by atoms with Crippen LogP contribution in [0.15, 0.2) is 24.3 Å². The Hall–Kier alpha value is -1.39. The van der Waals surface area contributed by atoms with Crippen molar-refractivity contribution in [3.8, 4) is 5.75 Å². The van der Waals surface area contributed by atoms with E-state index in [0.717, 1.165) is 24.4 Å². The summed E-state index contributed by atoms with van der Waals surface area (Å²) in [6, 6.07) is 7.16. The summed E-state index contributed by atoms with van der Waals surface area (Å²) in [6.07, 6.45) is 2.33. The molecule has 1 saturated heterocycles. The lowest BCUT2D eigenvalue weighted by Crippen LogP contribution is -2.43. The molecule has 4 heteroatoms. The van der Waals surface area contributed by atoms with Crippen LogP contribution >= 0.6 is 0 Å². The van der Waals surface area contributed by atoms with E-state index in [4.69, 9.17) is 9.47 Å². The van der Waals surface area contributed by atoms with Crippen molar-refractivity contribution in [1.82, 2.24) is 4.90 Å². The fourth-order valence-electron chi connectivity index (χ4n) is 2.58. The van der Waals surface area contributed by atoms with Gasteiger partial charge in [0.1, 0.15) is 5.75 Å². The van der Waals surface area contributed by atoms with Gasteiger partial charge in [0.15, 0.2) is 12.6 Å². The van der Waals surface area contributed by atoms with E-state index in [1.165, 1.54) is 12.8 Å². The first-order valence-electron chi connectivity index (χ1n) is 6.43. The molecule has 3 aliphatic heterocycles. The van der Waals surface area contributed by atoms with E-state index in [1.54, 1.807) is 0 Å². The Bertz CT molecular complexity index is 423. The summed E-state index contributed by atoms with van der Waals surface area (Å²) in [4.78, 5) is 14.7. The van der Waals surface area contributed by atoms with E-state index in [0.29, 0.717) is 6.61 Å². The lowest BCUT2D eigenvalue weighted by Gasteiger charge is -2.27. The Morgan fingerprint density at radius 1 is 1.11 bits per heavy atom. The molecular formula is C14H17NO3. The maximum atomic E-state index is 12.5. The minimum atomic E-state index is -0.167. The summed E-state index contributed by atoms with van der Waals surface area (Å²) in [5, 5.41) is 0. The first-order valence-corrected chi connectivity index (χ1v) is 6.43. The molecule has 96 valence electrons. The topological polar surface area (TPSA) is 38.8 Å². The molecule has 0 N–H and O–H groups in total. The predicted octanol–water partition coefficient (Wildman–Crippen LogP) is 1.70. The van der Waals surface area contributed by atoms with Crippen molar-refractivity contribution in [1.29, 1.82) is 0 Å². The van der Waals surface area contributed by atoms with Gasteiger partial charge in [0.2, 0.25) is 0 Å². The number of Topliss-reactive ketones (excluding diaryl/α,β-unsaturated/α-hetero) is 1. The van der Waals surface area contributed by atoms with Gasteiger partial charge >= 0.3 is 0 Å². The first kappa shape index (κ1) is 11.7. The van der Waals surface area contributed by atoms with Gasteiger partial charge in [0.05, 0.1) is 12.6 Å². The van der Waals surface area contributed by atoms with Crippen molar-refractivity contribution >= 4 is 5.78 Å². The highest BCUT2D eigenvalue weighted by atomic mass is 16.7. The van der Waals surface area contributed by atoms with Crippen LogP contribution in [0.2, 0.25) is 0 Å². The number of likely N-dealkylation sites (tertiary alicyclic amines) is 1. The first-order chi connectivity index (χ1) is 8.84. The van der Waals surface area contributed by atoms with E-state index in [9.17, 15) is 4.79 Å². The second-order valence-electron chi connectivity index (χ2n) is 4.78. The fraction of sp³-hybridized carbons (Fsp3) is 0.500. The van der Waals surface area contributed by atoms with Gasteiger partial charge in [-0.1, -0.05) is 0 Å². The molecule has 1 unspecified atom stereocenters. The third-order valence-electron chi connectivity index (χ3n) is 3.61. The Morgan fingerprint density at radius 3 is 2.56 bits per heavy atom. The Balaban J connectivity index is 1.88. The predicted molar refractivity (Wildman–Crippen MR) is 66.8 cm³/mol. The lowest BCUT2D eigenvalue weighted by atomic mass is 10.0. The van der Waals surface area contributed by atoms with Gasteiger partial charge in [0, 0.05) is 5.56 Å². The van der Waals surface area contributed by atoms with Gasteiger partial charge in [-0.3, -0.25) is 9.69 Å². The lowest BCUT2D eigenvalue weighted by molar-refractivity contribution is -0.00950. The number of carbonyl (C=O) groups is 1. The van der Waals surface area contributed by atoms with Crippen molar-refractivity contribution < 1.29 is 14.3 Å². The number of rotatable bonds is 1. The number of hydrogen-bond donors (Lipinski definition) is 0. The van der Waals surface area contributed by atoms with Gasteiger partial charge in [0.25, 0.3) is 0 Å².